The molecule has 0 saturated carbocycles. The minimum Gasteiger partial charge on any atom is -0.313 e. The summed E-state index contributed by atoms with van der Waals surface area (Å²) in [6, 6.07) is 9.57. The fraction of sp³-hybridized carbons (Fsp3) is 0.389. The zero-order valence-electron chi connectivity index (χ0n) is 15.8. The van der Waals surface area contributed by atoms with Crippen LogP contribution in [0.25, 0.3) is 0 Å². The van der Waals surface area contributed by atoms with E-state index in [1.165, 1.54) is 21.9 Å². The first-order valence-electron chi connectivity index (χ1n) is 9.21. The van der Waals surface area contributed by atoms with Gasteiger partial charge >= 0.3 is 0 Å². The highest BCUT2D eigenvalue weighted by Crippen LogP contribution is 2.33. The lowest BCUT2D eigenvalue weighted by molar-refractivity contribution is 0.320. The molecule has 1 aliphatic heterocycles. The molecule has 0 spiro atoms. The van der Waals surface area contributed by atoms with Gasteiger partial charge < -0.3 is 5.32 Å². The van der Waals surface area contributed by atoms with Gasteiger partial charge in [0.05, 0.1) is 12.8 Å². The number of hydrogen-bond donors (Lipinski definition) is 1. The average molecular weight is 453 g/mol. The van der Waals surface area contributed by atoms with Crippen LogP contribution >= 0.6 is 22.9 Å². The van der Waals surface area contributed by atoms with Crippen molar-refractivity contribution in [2.75, 3.05) is 24.7 Å². The van der Waals surface area contributed by atoms with Gasteiger partial charge in [-0.25, -0.2) is 12.7 Å². The third-order valence-corrected chi connectivity index (χ3v) is 7.55. The molecule has 3 heterocycles. The van der Waals surface area contributed by atoms with E-state index in [0.29, 0.717) is 35.6 Å². The summed E-state index contributed by atoms with van der Waals surface area (Å²) in [5.41, 5.74) is 1.00. The van der Waals surface area contributed by atoms with Crippen LogP contribution in [0.15, 0.2) is 36.5 Å². The molecule has 1 aromatic carbocycles. The summed E-state index contributed by atoms with van der Waals surface area (Å²) in [4.78, 5) is 0. The highest BCUT2D eigenvalue weighted by molar-refractivity contribution is 7.88. The average Bonchev–Trinajstić information content (AvgIpc) is 3.33. The lowest BCUT2D eigenvalue weighted by Crippen LogP contribution is -2.37. The number of nitrogens with zero attached hydrogens (tertiary/aromatic N) is 5. The molecule has 1 N–H and O–H groups in total. The van der Waals surface area contributed by atoms with Gasteiger partial charge in [0.2, 0.25) is 15.2 Å². The van der Waals surface area contributed by atoms with Crippen molar-refractivity contribution in [1.29, 1.82) is 0 Å². The van der Waals surface area contributed by atoms with Crippen molar-refractivity contribution in [3.63, 3.8) is 0 Å². The number of benzene rings is 1. The maximum absolute atomic E-state index is 11.6. The van der Waals surface area contributed by atoms with Crippen LogP contribution in [-0.4, -0.2) is 52.0 Å². The number of halogens is 1. The Hall–Kier alpha value is -2.01. The van der Waals surface area contributed by atoms with Crippen molar-refractivity contribution in [2.45, 2.75) is 25.3 Å². The molecule has 0 aliphatic carbocycles. The number of hydrogen-bond acceptors (Lipinski definition) is 7. The van der Waals surface area contributed by atoms with Gasteiger partial charge in [0, 0.05) is 36.3 Å². The normalized spacial score (nSPS) is 16.2. The number of nitrogens with one attached hydrogen (secondary N) is 1. The highest BCUT2D eigenvalue weighted by atomic mass is 35.5. The van der Waals surface area contributed by atoms with E-state index in [1.54, 1.807) is 0 Å². The third kappa shape index (κ3) is 4.95. The second-order valence-corrected chi connectivity index (χ2v) is 10.4. The Bertz CT molecular complexity index is 1090. The van der Waals surface area contributed by atoms with E-state index in [-0.39, 0.29) is 5.92 Å². The Labute approximate surface area is 178 Å². The Morgan fingerprint density at radius 2 is 1.97 bits per heavy atom. The maximum Gasteiger partial charge on any atom is 0.211 e. The molecule has 11 heteroatoms. The second kappa shape index (κ2) is 8.39. The number of anilines is 2. The third-order valence-electron chi connectivity index (χ3n) is 4.88. The van der Waals surface area contributed by atoms with Crippen LogP contribution in [0.4, 0.5) is 10.9 Å². The summed E-state index contributed by atoms with van der Waals surface area (Å²) in [5.74, 6) is 0.922. The molecular weight excluding hydrogens is 432 g/mol. The molecule has 29 heavy (non-hydrogen) atoms. The van der Waals surface area contributed by atoms with Gasteiger partial charge in [-0.05, 0) is 24.5 Å². The van der Waals surface area contributed by atoms with Gasteiger partial charge in [0.25, 0.3) is 0 Å². The topological polar surface area (TPSA) is 93.0 Å². The minimum absolute atomic E-state index is 0.235. The highest BCUT2D eigenvalue weighted by Gasteiger charge is 2.27. The molecule has 2 aromatic heterocycles. The first-order chi connectivity index (χ1) is 13.9. The van der Waals surface area contributed by atoms with Gasteiger partial charge in [-0.15, -0.1) is 10.2 Å². The molecule has 0 atom stereocenters. The van der Waals surface area contributed by atoms with Crippen LogP contribution in [0.2, 0.25) is 5.02 Å². The molecule has 1 saturated heterocycles. The summed E-state index contributed by atoms with van der Waals surface area (Å²) in [6.07, 6.45) is 4.65. The van der Waals surface area contributed by atoms with Gasteiger partial charge in [0.1, 0.15) is 5.01 Å². The van der Waals surface area contributed by atoms with E-state index in [4.69, 9.17) is 11.6 Å². The van der Waals surface area contributed by atoms with Crippen molar-refractivity contribution in [1.82, 2.24) is 24.3 Å². The van der Waals surface area contributed by atoms with Crippen LogP contribution in [0, 0.1) is 0 Å². The molecule has 0 bridgehead atoms. The first-order valence-corrected chi connectivity index (χ1v) is 12.2. The predicted octanol–water partition coefficient (Wildman–Crippen LogP) is 3.32. The molecule has 1 aliphatic rings. The maximum atomic E-state index is 11.6. The Kier molecular flexibility index (Phi) is 5.86. The van der Waals surface area contributed by atoms with Crippen LogP contribution in [0.3, 0.4) is 0 Å². The molecule has 0 radical (unpaired) electrons. The zero-order chi connectivity index (χ0) is 20.4. The molecule has 0 unspecified atom stereocenters. The summed E-state index contributed by atoms with van der Waals surface area (Å²) >= 11 is 7.70. The van der Waals surface area contributed by atoms with Gasteiger partial charge in [0.15, 0.2) is 5.82 Å². The largest absolute Gasteiger partial charge is 0.313 e. The Balaban J connectivity index is 1.36. The standard InChI is InChI=1S/C18H21ClN6O2S2/c1-29(26,27)25-10-6-13(7-11-25)17-21-22-18(28-17)20-16-8-9-24(23-16)12-14-4-2-3-5-15(14)19/h2-5,8-9,13H,6-7,10-12H2,1H3,(H,20,22,23). The molecule has 8 nitrogen and oxygen atoms in total. The number of aromatic nitrogens is 4. The van der Waals surface area contributed by atoms with Crippen LogP contribution < -0.4 is 5.32 Å². The van der Waals surface area contributed by atoms with E-state index < -0.39 is 10.0 Å². The summed E-state index contributed by atoms with van der Waals surface area (Å²) < 4.78 is 26.6. The fourth-order valence-electron chi connectivity index (χ4n) is 3.31. The smallest absolute Gasteiger partial charge is 0.211 e. The van der Waals surface area contributed by atoms with E-state index in [9.17, 15) is 8.42 Å². The van der Waals surface area contributed by atoms with Crippen molar-refractivity contribution >= 4 is 43.9 Å². The quantitative estimate of drug-likeness (QED) is 0.616. The van der Waals surface area contributed by atoms with Crippen molar-refractivity contribution in [3.05, 3.63) is 52.1 Å². The van der Waals surface area contributed by atoms with Gasteiger partial charge in [-0.3, -0.25) is 4.68 Å². The predicted molar refractivity (Wildman–Crippen MR) is 114 cm³/mol. The number of sulfonamides is 1. The molecule has 1 fully saturated rings. The number of rotatable bonds is 6. The second-order valence-electron chi connectivity index (χ2n) is 7.00. The van der Waals surface area contributed by atoms with E-state index in [2.05, 4.69) is 20.6 Å². The molecule has 3 aromatic rings. The van der Waals surface area contributed by atoms with Crippen LogP contribution in [0.1, 0.15) is 29.3 Å². The summed E-state index contributed by atoms with van der Waals surface area (Å²) in [7, 11) is -3.12. The monoisotopic (exact) mass is 452 g/mol. The van der Waals surface area contributed by atoms with Gasteiger partial charge in [-0.1, -0.05) is 41.1 Å². The fourth-order valence-corrected chi connectivity index (χ4v) is 5.30. The minimum atomic E-state index is -3.12. The summed E-state index contributed by atoms with van der Waals surface area (Å²) in [5, 5.41) is 18.5. The van der Waals surface area contributed by atoms with Crippen molar-refractivity contribution in [2.24, 2.45) is 0 Å². The molecular formula is C18H21ClN6O2S2. The van der Waals surface area contributed by atoms with Gasteiger partial charge in [-0.2, -0.15) is 5.10 Å². The van der Waals surface area contributed by atoms with Crippen LogP contribution in [-0.2, 0) is 16.6 Å². The Morgan fingerprint density at radius 1 is 1.21 bits per heavy atom. The summed E-state index contributed by atoms with van der Waals surface area (Å²) in [6.45, 7) is 1.64. The Morgan fingerprint density at radius 3 is 2.69 bits per heavy atom. The first kappa shape index (κ1) is 20.3. The van der Waals surface area contributed by atoms with Crippen LogP contribution in [0.5, 0.6) is 0 Å². The molecule has 0 amide bonds. The van der Waals surface area contributed by atoms with Crippen molar-refractivity contribution in [3.8, 4) is 0 Å². The lowest BCUT2D eigenvalue weighted by Gasteiger charge is -2.28. The molecule has 4 rings (SSSR count). The lowest BCUT2D eigenvalue weighted by atomic mass is 9.99. The zero-order valence-corrected chi connectivity index (χ0v) is 18.2. The number of piperidine rings is 1. The molecule has 154 valence electrons. The van der Waals surface area contributed by atoms with Crippen molar-refractivity contribution < 1.29 is 8.42 Å². The SMILES string of the molecule is CS(=O)(=O)N1CCC(c2nnc(Nc3ccn(Cc4ccccc4Cl)n3)s2)CC1. The van der Waals surface area contributed by atoms with E-state index >= 15 is 0 Å². The van der Waals surface area contributed by atoms with E-state index in [1.807, 2.05) is 41.2 Å². The van der Waals surface area contributed by atoms with E-state index in [0.717, 1.165) is 23.4 Å².